The van der Waals surface area contributed by atoms with Crippen LogP contribution in [0.3, 0.4) is 0 Å². The Bertz CT molecular complexity index is 869. The lowest BCUT2D eigenvalue weighted by Gasteiger charge is -2.33. The molecule has 1 aromatic carbocycles. The summed E-state index contributed by atoms with van der Waals surface area (Å²) in [4.78, 5) is 18.7. The Morgan fingerprint density at radius 2 is 2.03 bits per heavy atom. The van der Waals surface area contributed by atoms with Crippen LogP contribution in [0.15, 0.2) is 30.3 Å². The van der Waals surface area contributed by atoms with Gasteiger partial charge in [-0.15, -0.1) is 0 Å². The molecule has 0 unspecified atom stereocenters. The number of hydrogen-bond acceptors (Lipinski definition) is 6. The Morgan fingerprint density at radius 3 is 2.80 bits per heavy atom. The third kappa shape index (κ3) is 5.58. The molecule has 2 aliphatic heterocycles. The van der Waals surface area contributed by atoms with Crippen molar-refractivity contribution in [1.82, 2.24) is 15.2 Å². The molecule has 162 valence electrons. The molecule has 2 aromatic rings. The molecule has 3 heterocycles. The van der Waals surface area contributed by atoms with Crippen LogP contribution < -0.4 is 14.8 Å². The number of nitrogens with one attached hydrogen (secondary N) is 1. The van der Waals surface area contributed by atoms with Crippen molar-refractivity contribution in [2.24, 2.45) is 0 Å². The standard InChI is InChI=1S/C22H28FN3O4/c23-22(15-28-16-22)14-24-21(27)30-20-8-5-17-13-18(6-7-19(17)25-20)29-12-4-11-26-9-2-1-3-10-26/h5-8,13H,1-4,9-12,14-16H2,(H,24,27). The lowest BCUT2D eigenvalue weighted by molar-refractivity contribution is -0.126. The fraction of sp³-hybridized carbons (Fsp3) is 0.545. The zero-order valence-corrected chi connectivity index (χ0v) is 17.1. The predicted molar refractivity (Wildman–Crippen MR) is 111 cm³/mol. The fourth-order valence-electron chi connectivity index (χ4n) is 3.68. The van der Waals surface area contributed by atoms with Crippen LogP contribution in [0, 0.1) is 0 Å². The minimum Gasteiger partial charge on any atom is -0.494 e. The molecule has 2 aliphatic rings. The molecule has 0 saturated carbocycles. The van der Waals surface area contributed by atoms with E-state index in [4.69, 9.17) is 14.2 Å². The van der Waals surface area contributed by atoms with E-state index in [1.807, 2.05) is 24.3 Å². The van der Waals surface area contributed by atoms with Gasteiger partial charge in [0.15, 0.2) is 5.67 Å². The molecule has 1 N–H and O–H groups in total. The smallest absolute Gasteiger partial charge is 0.414 e. The van der Waals surface area contributed by atoms with Crippen LogP contribution in [-0.2, 0) is 4.74 Å². The van der Waals surface area contributed by atoms with Gasteiger partial charge in [-0.2, -0.15) is 0 Å². The summed E-state index contributed by atoms with van der Waals surface area (Å²) in [6.07, 6.45) is 4.22. The number of aromatic nitrogens is 1. The normalized spacial score (nSPS) is 18.6. The highest BCUT2D eigenvalue weighted by atomic mass is 19.1. The first-order chi connectivity index (χ1) is 14.6. The minimum absolute atomic E-state index is 0.00976. The molecule has 8 heteroatoms. The van der Waals surface area contributed by atoms with Crippen molar-refractivity contribution in [2.75, 3.05) is 46.0 Å². The minimum atomic E-state index is -1.50. The second-order valence-corrected chi connectivity index (χ2v) is 8.00. The maximum atomic E-state index is 13.8. The van der Waals surface area contributed by atoms with Crippen LogP contribution in [0.2, 0.25) is 0 Å². The van der Waals surface area contributed by atoms with Gasteiger partial charge in [0, 0.05) is 18.0 Å². The van der Waals surface area contributed by atoms with E-state index in [1.54, 1.807) is 6.07 Å². The van der Waals surface area contributed by atoms with Gasteiger partial charge in [0.1, 0.15) is 5.75 Å². The number of benzene rings is 1. The molecule has 0 radical (unpaired) electrons. The van der Waals surface area contributed by atoms with Crippen molar-refractivity contribution in [3.8, 4) is 11.6 Å². The first-order valence-electron chi connectivity index (χ1n) is 10.6. The zero-order valence-electron chi connectivity index (χ0n) is 17.1. The molecule has 7 nitrogen and oxygen atoms in total. The first kappa shape index (κ1) is 20.8. The highest BCUT2D eigenvalue weighted by Gasteiger charge is 2.39. The number of fused-ring (bicyclic) bond motifs is 1. The van der Waals surface area contributed by atoms with E-state index in [-0.39, 0.29) is 25.6 Å². The maximum absolute atomic E-state index is 13.8. The lowest BCUT2D eigenvalue weighted by Crippen LogP contribution is -2.53. The zero-order chi connectivity index (χ0) is 20.8. The van der Waals surface area contributed by atoms with Crippen molar-refractivity contribution < 1.29 is 23.4 Å². The number of hydrogen-bond donors (Lipinski definition) is 1. The van der Waals surface area contributed by atoms with Crippen LogP contribution >= 0.6 is 0 Å². The fourth-order valence-corrected chi connectivity index (χ4v) is 3.68. The van der Waals surface area contributed by atoms with Gasteiger partial charge in [-0.25, -0.2) is 14.2 Å². The summed E-state index contributed by atoms with van der Waals surface area (Å²) in [6, 6.07) is 9.06. The second-order valence-electron chi connectivity index (χ2n) is 8.00. The summed E-state index contributed by atoms with van der Waals surface area (Å²) >= 11 is 0. The number of likely N-dealkylation sites (tertiary alicyclic amines) is 1. The van der Waals surface area contributed by atoms with Crippen molar-refractivity contribution in [3.05, 3.63) is 30.3 Å². The molecular weight excluding hydrogens is 389 g/mol. The molecule has 4 rings (SSSR count). The third-order valence-corrected chi connectivity index (χ3v) is 5.44. The van der Waals surface area contributed by atoms with Crippen LogP contribution in [-0.4, -0.2) is 67.6 Å². The molecule has 0 atom stereocenters. The number of ether oxygens (including phenoxy) is 3. The summed E-state index contributed by atoms with van der Waals surface area (Å²) in [5.74, 6) is 0.957. The summed E-state index contributed by atoms with van der Waals surface area (Å²) < 4.78 is 29.7. The van der Waals surface area contributed by atoms with Gasteiger partial charge in [0.2, 0.25) is 5.88 Å². The number of amides is 1. The van der Waals surface area contributed by atoms with E-state index in [9.17, 15) is 9.18 Å². The molecule has 30 heavy (non-hydrogen) atoms. The number of halogens is 1. The van der Waals surface area contributed by atoms with E-state index in [1.165, 1.54) is 32.4 Å². The monoisotopic (exact) mass is 417 g/mol. The van der Waals surface area contributed by atoms with Crippen molar-refractivity contribution in [1.29, 1.82) is 0 Å². The van der Waals surface area contributed by atoms with Gasteiger partial charge in [-0.05, 0) is 56.6 Å². The molecule has 1 aromatic heterocycles. The number of nitrogens with zero attached hydrogens (tertiary/aromatic N) is 2. The van der Waals surface area contributed by atoms with Gasteiger partial charge < -0.3 is 24.4 Å². The number of carbonyl (C=O) groups is 1. The first-order valence-corrected chi connectivity index (χ1v) is 10.6. The average Bonchev–Trinajstić information content (AvgIpc) is 2.75. The molecule has 0 aliphatic carbocycles. The number of pyridine rings is 1. The summed E-state index contributed by atoms with van der Waals surface area (Å²) in [7, 11) is 0. The number of piperidine rings is 1. The van der Waals surface area contributed by atoms with Crippen molar-refractivity contribution in [2.45, 2.75) is 31.4 Å². The molecule has 2 fully saturated rings. The van der Waals surface area contributed by atoms with Crippen molar-refractivity contribution >= 4 is 17.0 Å². The molecule has 1 amide bonds. The molecular formula is C22H28FN3O4. The Labute approximate surface area is 175 Å². The maximum Gasteiger partial charge on any atom is 0.414 e. The van der Waals surface area contributed by atoms with E-state index in [0.717, 1.165) is 24.1 Å². The summed E-state index contributed by atoms with van der Waals surface area (Å²) in [5, 5.41) is 3.30. The van der Waals surface area contributed by atoms with Crippen molar-refractivity contribution in [3.63, 3.8) is 0 Å². The molecule has 0 spiro atoms. The topological polar surface area (TPSA) is 72.9 Å². The largest absolute Gasteiger partial charge is 0.494 e. The number of carbonyl (C=O) groups excluding carboxylic acids is 1. The van der Waals surface area contributed by atoms with Gasteiger partial charge in [0.05, 0.1) is 31.9 Å². The predicted octanol–water partition coefficient (Wildman–Crippen LogP) is 3.32. The van der Waals surface area contributed by atoms with Crippen LogP contribution in [0.25, 0.3) is 10.9 Å². The Hall–Kier alpha value is -2.45. The van der Waals surface area contributed by atoms with Crippen LogP contribution in [0.5, 0.6) is 11.6 Å². The van der Waals surface area contributed by atoms with E-state index in [0.29, 0.717) is 12.1 Å². The summed E-state index contributed by atoms with van der Waals surface area (Å²) in [6.45, 7) is 4.00. The SMILES string of the molecule is O=C(NCC1(F)COC1)Oc1ccc2cc(OCCCN3CCCCC3)ccc2n1. The number of rotatable bonds is 8. The third-order valence-electron chi connectivity index (χ3n) is 5.44. The Balaban J connectivity index is 1.25. The summed E-state index contributed by atoms with van der Waals surface area (Å²) in [5.41, 5.74) is -0.810. The van der Waals surface area contributed by atoms with Gasteiger partial charge >= 0.3 is 6.09 Å². The highest BCUT2D eigenvalue weighted by Crippen LogP contribution is 2.23. The van der Waals surface area contributed by atoms with E-state index in [2.05, 4.69) is 15.2 Å². The van der Waals surface area contributed by atoms with E-state index < -0.39 is 11.8 Å². The Kier molecular flexibility index (Phi) is 6.64. The van der Waals surface area contributed by atoms with Gasteiger partial charge in [-0.1, -0.05) is 6.42 Å². The van der Waals surface area contributed by atoms with Gasteiger partial charge in [-0.3, -0.25) is 0 Å². The van der Waals surface area contributed by atoms with Crippen LogP contribution in [0.4, 0.5) is 9.18 Å². The van der Waals surface area contributed by atoms with Crippen LogP contribution in [0.1, 0.15) is 25.7 Å². The van der Waals surface area contributed by atoms with E-state index >= 15 is 0 Å². The quantitative estimate of drug-likeness (QED) is 0.665. The Morgan fingerprint density at radius 1 is 1.20 bits per heavy atom. The second kappa shape index (κ2) is 9.57. The van der Waals surface area contributed by atoms with Gasteiger partial charge in [0.25, 0.3) is 0 Å². The average molecular weight is 417 g/mol. The number of alkyl halides is 1. The molecule has 0 bridgehead atoms. The lowest BCUT2D eigenvalue weighted by atomic mass is 10.1. The molecule has 2 saturated heterocycles. The highest BCUT2D eigenvalue weighted by molar-refractivity contribution is 5.81.